The van der Waals surface area contributed by atoms with E-state index in [1.54, 1.807) is 25.1 Å². The van der Waals surface area contributed by atoms with Crippen LogP contribution in [0.3, 0.4) is 0 Å². The van der Waals surface area contributed by atoms with E-state index in [2.05, 4.69) is 22.6 Å². The van der Waals surface area contributed by atoms with Crippen LogP contribution in [0, 0.1) is 10.5 Å². The first-order valence-electron chi connectivity index (χ1n) is 7.22. The van der Waals surface area contributed by atoms with Crippen molar-refractivity contribution >= 4 is 33.6 Å². The van der Waals surface area contributed by atoms with Gasteiger partial charge in [0, 0.05) is 9.64 Å². The molecule has 4 nitrogen and oxygen atoms in total. The van der Waals surface area contributed by atoms with Crippen molar-refractivity contribution < 1.29 is 14.3 Å². The van der Waals surface area contributed by atoms with Gasteiger partial charge in [0.1, 0.15) is 22.8 Å². The number of hydrogen-bond donors (Lipinski definition) is 1. The van der Waals surface area contributed by atoms with Crippen molar-refractivity contribution in [1.29, 1.82) is 0 Å². The van der Waals surface area contributed by atoms with Gasteiger partial charge in [-0.25, -0.2) is 0 Å². The van der Waals surface area contributed by atoms with Crippen LogP contribution in [0.5, 0.6) is 17.2 Å². The normalized spacial score (nSPS) is 10.9. The molecule has 1 N–H and O–H groups in total. The third-order valence-electron chi connectivity index (χ3n) is 3.63. The van der Waals surface area contributed by atoms with Gasteiger partial charge in [0.15, 0.2) is 0 Å². The zero-order valence-electron chi connectivity index (χ0n) is 12.7. The Morgan fingerprint density at radius 3 is 2.57 bits per heavy atom. The first-order chi connectivity index (χ1) is 11.0. The molecule has 1 heterocycles. The lowest BCUT2D eigenvalue weighted by molar-refractivity contribution is 0.434. The number of aromatic hydroxyl groups is 1. The molecule has 0 fully saturated rings. The number of phenolic OH excluding ortho intramolecular Hbond substituents is 1. The molecule has 2 aromatic carbocycles. The van der Waals surface area contributed by atoms with Crippen LogP contribution in [0.1, 0.15) is 18.2 Å². The summed E-state index contributed by atoms with van der Waals surface area (Å²) in [6.07, 6.45) is 0.627. The minimum atomic E-state index is -0.239. The van der Waals surface area contributed by atoms with Crippen LogP contribution in [-0.4, -0.2) is 5.11 Å². The second kappa shape index (κ2) is 6.23. The van der Waals surface area contributed by atoms with Gasteiger partial charge in [0.05, 0.1) is 5.39 Å². The van der Waals surface area contributed by atoms with Crippen molar-refractivity contribution in [3.63, 3.8) is 0 Å². The molecule has 23 heavy (non-hydrogen) atoms. The number of benzene rings is 2. The van der Waals surface area contributed by atoms with Gasteiger partial charge in [-0.15, -0.1) is 0 Å². The highest BCUT2D eigenvalue weighted by Crippen LogP contribution is 2.29. The Bertz CT molecular complexity index is 926. The molecule has 0 spiro atoms. The molecule has 0 saturated carbocycles. The Balaban J connectivity index is 2.15. The predicted molar refractivity (Wildman–Crippen MR) is 97.5 cm³/mol. The quantitative estimate of drug-likeness (QED) is 0.618. The van der Waals surface area contributed by atoms with Gasteiger partial charge in [-0.05, 0) is 71.8 Å². The highest BCUT2D eigenvalue weighted by molar-refractivity contribution is 14.1. The summed E-state index contributed by atoms with van der Waals surface area (Å²) in [7, 11) is 0. The fourth-order valence-corrected chi connectivity index (χ4v) is 2.75. The molecule has 1 aromatic heterocycles. The second-order valence-corrected chi connectivity index (χ2v) is 6.45. The highest BCUT2D eigenvalue weighted by atomic mass is 127. The van der Waals surface area contributed by atoms with E-state index in [9.17, 15) is 9.90 Å². The summed E-state index contributed by atoms with van der Waals surface area (Å²) in [5.41, 5.74) is 0.822. The molecule has 0 atom stereocenters. The van der Waals surface area contributed by atoms with Crippen LogP contribution in [0.15, 0.2) is 45.6 Å². The fraction of sp³-hybridized carbons (Fsp3) is 0.167. The van der Waals surface area contributed by atoms with E-state index >= 15 is 0 Å². The smallest absolute Gasteiger partial charge is 0.235 e. The molecule has 5 heteroatoms. The summed E-state index contributed by atoms with van der Waals surface area (Å²) in [5.74, 6) is 1.26. The Labute approximate surface area is 146 Å². The van der Waals surface area contributed by atoms with Crippen molar-refractivity contribution in [1.82, 2.24) is 0 Å². The van der Waals surface area contributed by atoms with Gasteiger partial charge < -0.3 is 14.3 Å². The Kier molecular flexibility index (Phi) is 4.30. The van der Waals surface area contributed by atoms with Gasteiger partial charge in [-0.3, -0.25) is 4.79 Å². The third kappa shape index (κ3) is 3.06. The molecule has 118 valence electrons. The van der Waals surface area contributed by atoms with Crippen LogP contribution in [-0.2, 0) is 6.42 Å². The molecule has 0 radical (unpaired) electrons. The van der Waals surface area contributed by atoms with E-state index < -0.39 is 0 Å². The first kappa shape index (κ1) is 15.9. The average Bonchev–Trinajstić information content (AvgIpc) is 2.53. The predicted octanol–water partition coefficient (Wildman–Crippen LogP) is 4.77. The van der Waals surface area contributed by atoms with Crippen molar-refractivity contribution in [3.05, 3.63) is 61.5 Å². The Hall–Kier alpha value is -2.02. The fourth-order valence-electron chi connectivity index (χ4n) is 2.39. The van der Waals surface area contributed by atoms with E-state index in [0.717, 1.165) is 3.57 Å². The van der Waals surface area contributed by atoms with E-state index in [0.29, 0.717) is 34.5 Å². The van der Waals surface area contributed by atoms with E-state index in [-0.39, 0.29) is 16.9 Å². The highest BCUT2D eigenvalue weighted by Gasteiger charge is 2.15. The molecule has 0 aliphatic rings. The van der Waals surface area contributed by atoms with Crippen LogP contribution >= 0.6 is 22.6 Å². The Morgan fingerprint density at radius 2 is 1.91 bits per heavy atom. The maximum absolute atomic E-state index is 12.7. The molecule has 0 unspecified atom stereocenters. The number of fused-ring (bicyclic) bond motifs is 1. The lowest BCUT2D eigenvalue weighted by Crippen LogP contribution is -2.08. The van der Waals surface area contributed by atoms with Gasteiger partial charge in [0.2, 0.25) is 11.2 Å². The summed E-state index contributed by atoms with van der Waals surface area (Å²) < 4.78 is 12.5. The average molecular weight is 422 g/mol. The zero-order chi connectivity index (χ0) is 16.6. The minimum absolute atomic E-state index is 0.133. The van der Waals surface area contributed by atoms with Crippen molar-refractivity contribution in [2.45, 2.75) is 20.3 Å². The van der Waals surface area contributed by atoms with Gasteiger partial charge in [-0.2, -0.15) is 0 Å². The number of aryl methyl sites for hydroxylation is 2. The molecule has 0 aliphatic carbocycles. The standard InChI is InChI=1S/C18H15IO4/c1-3-11-8-14-16(9-15(11)20)22-10(2)18(17(14)21)23-13-6-4-12(19)5-7-13/h4-9,20H,3H2,1-2H3. The van der Waals surface area contributed by atoms with Crippen LogP contribution in [0.2, 0.25) is 0 Å². The summed E-state index contributed by atoms with van der Waals surface area (Å²) >= 11 is 2.20. The molecular formula is C18H15IO4. The maximum Gasteiger partial charge on any atom is 0.235 e. The molecule has 0 saturated heterocycles. The third-order valence-corrected chi connectivity index (χ3v) is 4.35. The van der Waals surface area contributed by atoms with Crippen molar-refractivity contribution in [2.75, 3.05) is 0 Å². The summed E-state index contributed by atoms with van der Waals surface area (Å²) in [4.78, 5) is 12.7. The van der Waals surface area contributed by atoms with E-state index in [4.69, 9.17) is 9.15 Å². The zero-order valence-corrected chi connectivity index (χ0v) is 14.9. The number of ether oxygens (including phenoxy) is 1. The molecule has 3 aromatic rings. The van der Waals surface area contributed by atoms with Crippen LogP contribution < -0.4 is 10.2 Å². The van der Waals surface area contributed by atoms with Crippen LogP contribution in [0.25, 0.3) is 11.0 Å². The minimum Gasteiger partial charge on any atom is -0.508 e. The van der Waals surface area contributed by atoms with Gasteiger partial charge in [-0.1, -0.05) is 6.92 Å². The summed E-state index contributed by atoms with van der Waals surface area (Å²) in [6.45, 7) is 3.59. The van der Waals surface area contributed by atoms with E-state index in [1.807, 2.05) is 19.1 Å². The first-order valence-corrected chi connectivity index (χ1v) is 8.30. The topological polar surface area (TPSA) is 59.7 Å². The summed E-state index contributed by atoms with van der Waals surface area (Å²) in [5, 5.41) is 10.3. The largest absolute Gasteiger partial charge is 0.508 e. The lowest BCUT2D eigenvalue weighted by Gasteiger charge is -2.10. The molecular weight excluding hydrogens is 407 g/mol. The maximum atomic E-state index is 12.7. The second-order valence-electron chi connectivity index (χ2n) is 5.20. The molecule has 3 rings (SSSR count). The lowest BCUT2D eigenvalue weighted by atomic mass is 10.1. The monoisotopic (exact) mass is 422 g/mol. The number of halogens is 1. The number of phenols is 1. The molecule has 0 amide bonds. The van der Waals surface area contributed by atoms with E-state index in [1.165, 1.54) is 6.07 Å². The van der Waals surface area contributed by atoms with Crippen LogP contribution in [0.4, 0.5) is 0 Å². The van der Waals surface area contributed by atoms with Gasteiger partial charge in [0.25, 0.3) is 0 Å². The SMILES string of the molecule is CCc1cc2c(=O)c(Oc3ccc(I)cc3)c(C)oc2cc1O. The van der Waals surface area contributed by atoms with Crippen molar-refractivity contribution in [2.24, 2.45) is 0 Å². The Morgan fingerprint density at radius 1 is 1.22 bits per heavy atom. The van der Waals surface area contributed by atoms with Crippen molar-refractivity contribution in [3.8, 4) is 17.2 Å². The van der Waals surface area contributed by atoms with Gasteiger partial charge >= 0.3 is 0 Å². The molecule has 0 aliphatic heterocycles. The number of rotatable bonds is 3. The summed E-state index contributed by atoms with van der Waals surface area (Å²) in [6, 6.07) is 10.6. The molecule has 0 bridgehead atoms. The number of hydrogen-bond acceptors (Lipinski definition) is 4.